The van der Waals surface area contributed by atoms with Crippen LogP contribution in [0.3, 0.4) is 0 Å². The Morgan fingerprint density at radius 3 is 2.45 bits per heavy atom. The second kappa shape index (κ2) is 10.2. The number of piperidine rings is 1. The molecule has 0 unspecified atom stereocenters. The molecule has 0 atom stereocenters. The van der Waals surface area contributed by atoms with E-state index in [-0.39, 0.29) is 24.2 Å². The molecule has 4 rings (SSSR count). The van der Waals surface area contributed by atoms with Crippen LogP contribution in [0.2, 0.25) is 0 Å². The van der Waals surface area contributed by atoms with Gasteiger partial charge in [-0.3, -0.25) is 14.5 Å². The molecule has 0 aliphatic carbocycles. The molecular formula is C24H26FN5O3. The summed E-state index contributed by atoms with van der Waals surface area (Å²) in [5.41, 5.74) is 3.45. The standard InChI is InChI=1S/C24H26FN5O3/c25-20-3-1-17(2-4-20)13-21-14-22(19-5-9-26-10-6-19)28-30(21)16-23(31)29-11-7-18(8-12-29)15-27-24(32)33/h1-6,9-10,14,18,27H,7-8,11-13,15-16H2,(H,32,33). The summed E-state index contributed by atoms with van der Waals surface area (Å²) >= 11 is 0. The Balaban J connectivity index is 1.47. The molecule has 172 valence electrons. The highest BCUT2D eigenvalue weighted by molar-refractivity contribution is 5.76. The molecule has 0 bridgehead atoms. The summed E-state index contributed by atoms with van der Waals surface area (Å²) in [5, 5.41) is 15.9. The monoisotopic (exact) mass is 451 g/mol. The van der Waals surface area contributed by atoms with Crippen LogP contribution in [0.4, 0.5) is 9.18 Å². The van der Waals surface area contributed by atoms with Crippen molar-refractivity contribution in [3.8, 4) is 11.3 Å². The van der Waals surface area contributed by atoms with Crippen molar-refractivity contribution in [2.45, 2.75) is 25.8 Å². The topological polar surface area (TPSA) is 100 Å². The lowest BCUT2D eigenvalue weighted by Gasteiger charge is -2.32. The molecule has 8 nitrogen and oxygen atoms in total. The van der Waals surface area contributed by atoms with Crippen LogP contribution >= 0.6 is 0 Å². The second-order valence-corrected chi connectivity index (χ2v) is 8.23. The van der Waals surface area contributed by atoms with Crippen molar-refractivity contribution in [2.75, 3.05) is 19.6 Å². The van der Waals surface area contributed by atoms with Gasteiger partial charge in [0.25, 0.3) is 0 Å². The van der Waals surface area contributed by atoms with Gasteiger partial charge >= 0.3 is 6.09 Å². The predicted molar refractivity (Wildman–Crippen MR) is 120 cm³/mol. The van der Waals surface area contributed by atoms with E-state index < -0.39 is 6.09 Å². The highest BCUT2D eigenvalue weighted by Gasteiger charge is 2.24. The lowest BCUT2D eigenvalue weighted by molar-refractivity contribution is -0.133. The Kier molecular flexibility index (Phi) is 6.97. The van der Waals surface area contributed by atoms with Crippen LogP contribution in [0.15, 0.2) is 54.9 Å². The van der Waals surface area contributed by atoms with Gasteiger partial charge in [0.2, 0.25) is 5.91 Å². The Morgan fingerprint density at radius 2 is 1.79 bits per heavy atom. The Bertz CT molecular complexity index is 1090. The molecular weight excluding hydrogens is 425 g/mol. The molecule has 2 aromatic heterocycles. The number of amides is 2. The van der Waals surface area contributed by atoms with Gasteiger partial charge in [0.1, 0.15) is 12.4 Å². The average molecular weight is 452 g/mol. The molecule has 3 heterocycles. The number of benzene rings is 1. The van der Waals surface area contributed by atoms with Crippen LogP contribution in [0.5, 0.6) is 0 Å². The number of hydrogen-bond donors (Lipinski definition) is 2. The first-order chi connectivity index (χ1) is 16.0. The maximum Gasteiger partial charge on any atom is 0.404 e. The van der Waals surface area contributed by atoms with Gasteiger partial charge in [-0.15, -0.1) is 0 Å². The summed E-state index contributed by atoms with van der Waals surface area (Å²) in [6.45, 7) is 1.71. The number of carboxylic acid groups (broad SMARTS) is 1. The molecule has 1 aromatic carbocycles. The van der Waals surface area contributed by atoms with Crippen LogP contribution in [-0.4, -0.2) is 56.4 Å². The summed E-state index contributed by atoms with van der Waals surface area (Å²) in [5.74, 6) is -0.0755. The van der Waals surface area contributed by atoms with Crippen LogP contribution in [-0.2, 0) is 17.8 Å². The van der Waals surface area contributed by atoms with E-state index in [1.807, 2.05) is 23.1 Å². The highest BCUT2D eigenvalue weighted by Crippen LogP contribution is 2.22. The number of carbonyl (C=O) groups is 2. The molecule has 3 aromatic rings. The molecule has 9 heteroatoms. The van der Waals surface area contributed by atoms with Crippen molar-refractivity contribution < 1.29 is 19.1 Å². The second-order valence-electron chi connectivity index (χ2n) is 8.23. The van der Waals surface area contributed by atoms with Gasteiger partial charge in [0.05, 0.1) is 5.69 Å². The molecule has 1 fully saturated rings. The number of likely N-dealkylation sites (tertiary alicyclic amines) is 1. The quantitative estimate of drug-likeness (QED) is 0.575. The van der Waals surface area contributed by atoms with Gasteiger partial charge in [-0.1, -0.05) is 12.1 Å². The van der Waals surface area contributed by atoms with Crippen LogP contribution in [0, 0.1) is 11.7 Å². The van der Waals surface area contributed by atoms with E-state index in [0.29, 0.717) is 26.1 Å². The first kappa shape index (κ1) is 22.4. The molecule has 2 amide bonds. The Morgan fingerprint density at radius 1 is 1.09 bits per heavy atom. The van der Waals surface area contributed by atoms with Crippen LogP contribution in [0.1, 0.15) is 24.1 Å². The first-order valence-electron chi connectivity index (χ1n) is 10.9. The molecule has 1 saturated heterocycles. The number of halogens is 1. The van der Waals surface area contributed by atoms with E-state index in [2.05, 4.69) is 15.4 Å². The third-order valence-corrected chi connectivity index (χ3v) is 5.93. The van der Waals surface area contributed by atoms with Gasteiger partial charge in [0, 0.05) is 49.7 Å². The number of nitrogens with zero attached hydrogens (tertiary/aromatic N) is 4. The normalized spacial score (nSPS) is 14.3. The zero-order valence-electron chi connectivity index (χ0n) is 18.2. The van der Waals surface area contributed by atoms with E-state index in [1.54, 1.807) is 29.2 Å². The number of hydrogen-bond acceptors (Lipinski definition) is 4. The minimum atomic E-state index is -1.02. The zero-order valence-corrected chi connectivity index (χ0v) is 18.2. The minimum absolute atomic E-state index is 0.0237. The van der Waals surface area contributed by atoms with Crippen molar-refractivity contribution >= 4 is 12.0 Å². The fourth-order valence-corrected chi connectivity index (χ4v) is 4.06. The zero-order chi connectivity index (χ0) is 23.2. The lowest BCUT2D eigenvalue weighted by Crippen LogP contribution is -2.42. The number of pyridine rings is 1. The van der Waals surface area contributed by atoms with E-state index in [0.717, 1.165) is 35.4 Å². The smallest absolute Gasteiger partial charge is 0.404 e. The van der Waals surface area contributed by atoms with Crippen LogP contribution < -0.4 is 5.32 Å². The summed E-state index contributed by atoms with van der Waals surface area (Å²) in [6.07, 6.45) is 4.41. The van der Waals surface area contributed by atoms with Crippen molar-refractivity contribution in [1.29, 1.82) is 0 Å². The van der Waals surface area contributed by atoms with E-state index >= 15 is 0 Å². The van der Waals surface area contributed by atoms with Crippen LogP contribution in [0.25, 0.3) is 11.3 Å². The lowest BCUT2D eigenvalue weighted by atomic mass is 9.97. The average Bonchev–Trinajstić information content (AvgIpc) is 3.22. The van der Waals surface area contributed by atoms with Gasteiger partial charge in [-0.05, 0) is 54.7 Å². The summed E-state index contributed by atoms with van der Waals surface area (Å²) in [4.78, 5) is 29.6. The van der Waals surface area contributed by atoms with Crippen molar-refractivity contribution in [3.63, 3.8) is 0 Å². The number of rotatable bonds is 7. The third-order valence-electron chi connectivity index (χ3n) is 5.93. The summed E-state index contributed by atoms with van der Waals surface area (Å²) < 4.78 is 15.0. The summed E-state index contributed by atoms with van der Waals surface area (Å²) in [6, 6.07) is 12.0. The van der Waals surface area contributed by atoms with Crippen molar-refractivity contribution in [1.82, 2.24) is 25.0 Å². The van der Waals surface area contributed by atoms with Gasteiger partial charge in [0.15, 0.2) is 0 Å². The van der Waals surface area contributed by atoms with Gasteiger partial charge < -0.3 is 15.3 Å². The fraction of sp³-hybridized carbons (Fsp3) is 0.333. The van der Waals surface area contributed by atoms with E-state index in [4.69, 9.17) is 5.11 Å². The van der Waals surface area contributed by atoms with E-state index in [1.165, 1.54) is 12.1 Å². The summed E-state index contributed by atoms with van der Waals surface area (Å²) in [7, 11) is 0. The first-order valence-corrected chi connectivity index (χ1v) is 10.9. The van der Waals surface area contributed by atoms with Crippen molar-refractivity contribution in [3.05, 3.63) is 71.9 Å². The van der Waals surface area contributed by atoms with Gasteiger partial charge in [-0.2, -0.15) is 5.10 Å². The highest BCUT2D eigenvalue weighted by atomic mass is 19.1. The third kappa shape index (κ3) is 5.94. The molecule has 0 saturated carbocycles. The number of nitrogens with one attached hydrogen (secondary N) is 1. The minimum Gasteiger partial charge on any atom is -0.465 e. The molecule has 33 heavy (non-hydrogen) atoms. The largest absolute Gasteiger partial charge is 0.465 e. The predicted octanol–water partition coefficient (Wildman–Crippen LogP) is 3.18. The molecule has 1 aliphatic heterocycles. The van der Waals surface area contributed by atoms with Crippen molar-refractivity contribution in [2.24, 2.45) is 5.92 Å². The molecule has 0 radical (unpaired) electrons. The Labute approximate surface area is 191 Å². The fourth-order valence-electron chi connectivity index (χ4n) is 4.06. The maximum atomic E-state index is 13.3. The van der Waals surface area contributed by atoms with Gasteiger partial charge in [-0.25, -0.2) is 9.18 Å². The number of carbonyl (C=O) groups excluding carboxylic acids is 1. The number of aromatic nitrogens is 3. The SMILES string of the molecule is O=C(O)NCC1CCN(C(=O)Cn2nc(-c3ccncc3)cc2Cc2ccc(F)cc2)CC1. The maximum absolute atomic E-state index is 13.3. The molecule has 1 aliphatic rings. The molecule has 0 spiro atoms. The molecule has 2 N–H and O–H groups in total. The van der Waals surface area contributed by atoms with E-state index in [9.17, 15) is 14.0 Å². The Hall–Kier alpha value is -3.75.